The molecule has 0 unspecified atom stereocenters. The van der Waals surface area contributed by atoms with Gasteiger partial charge in [0.05, 0.1) is 5.69 Å². The quantitative estimate of drug-likeness (QED) is 0.168. The largest absolute Gasteiger partial charge is 0.310 e. The third-order valence-electron chi connectivity index (χ3n) is 11.5. The van der Waals surface area contributed by atoms with Gasteiger partial charge in [0.1, 0.15) is 0 Å². The molecule has 0 aliphatic heterocycles. The van der Waals surface area contributed by atoms with E-state index in [2.05, 4.69) is 219 Å². The fraction of sp³-hybridized carbons (Fsp3) is 0.0566. The molecule has 1 aliphatic carbocycles. The van der Waals surface area contributed by atoms with Crippen LogP contribution in [-0.4, -0.2) is 0 Å². The monoisotopic (exact) mass is 689 g/mol. The molecule has 0 radical (unpaired) electrons. The summed E-state index contributed by atoms with van der Waals surface area (Å²) in [5, 5.41) is 4.98. The second-order valence-corrected chi connectivity index (χ2v) is 14.9. The normalized spacial score (nSPS) is 12.8. The Morgan fingerprint density at radius 2 is 0.889 bits per heavy atom. The minimum Gasteiger partial charge on any atom is -0.310 e. The zero-order valence-electron chi connectivity index (χ0n) is 30.5. The first kappa shape index (κ1) is 32.0. The Kier molecular flexibility index (Phi) is 7.56. The maximum absolute atomic E-state index is 2.47. The number of nitrogens with zero attached hydrogens (tertiary/aromatic N) is 1. The van der Waals surface area contributed by atoms with Crippen molar-refractivity contribution in [1.29, 1.82) is 0 Å². The molecule has 0 aromatic heterocycles. The molecule has 9 aromatic rings. The second-order valence-electron chi connectivity index (χ2n) is 14.9. The minimum atomic E-state index is -0.0602. The molecule has 0 fully saturated rings. The number of hydrogen-bond acceptors (Lipinski definition) is 1. The Morgan fingerprint density at radius 3 is 1.56 bits per heavy atom. The highest BCUT2D eigenvalue weighted by molar-refractivity contribution is 6.12. The second kappa shape index (κ2) is 12.8. The summed E-state index contributed by atoms with van der Waals surface area (Å²) in [6.45, 7) is 4.72. The van der Waals surface area contributed by atoms with Gasteiger partial charge in [-0.15, -0.1) is 0 Å². The maximum Gasteiger partial charge on any atom is 0.0546 e. The smallest absolute Gasteiger partial charge is 0.0546 e. The lowest BCUT2D eigenvalue weighted by atomic mass is 9.81. The first-order valence-electron chi connectivity index (χ1n) is 18.8. The van der Waals surface area contributed by atoms with Crippen molar-refractivity contribution in [3.8, 4) is 44.5 Å². The van der Waals surface area contributed by atoms with Gasteiger partial charge >= 0.3 is 0 Å². The van der Waals surface area contributed by atoms with E-state index in [4.69, 9.17) is 0 Å². The Morgan fingerprint density at radius 1 is 0.352 bits per heavy atom. The third-order valence-corrected chi connectivity index (χ3v) is 11.5. The molecular formula is C53H39N. The standard InChI is InChI=1S/C53H39N/c1-53(2)49-23-12-11-21-45(49)48-35-47-41(34-50(48)53)19-13-22-46(47)52-44-20-10-9-18-40(44)28-33-51(52)54(42-29-24-38(25-30-42)36-14-5-3-6-15-36)43-31-26-39(27-32-43)37-16-7-4-8-17-37/h3-35H,1-2H3. The van der Waals surface area contributed by atoms with Crippen molar-refractivity contribution >= 4 is 38.6 Å². The first-order valence-corrected chi connectivity index (χ1v) is 18.8. The summed E-state index contributed by atoms with van der Waals surface area (Å²) < 4.78 is 0. The van der Waals surface area contributed by atoms with Crippen LogP contribution in [0.2, 0.25) is 0 Å². The van der Waals surface area contributed by atoms with Crippen LogP contribution in [0.4, 0.5) is 17.1 Å². The summed E-state index contributed by atoms with van der Waals surface area (Å²) in [5.74, 6) is 0. The highest BCUT2D eigenvalue weighted by atomic mass is 15.1. The Balaban J connectivity index is 1.22. The lowest BCUT2D eigenvalue weighted by molar-refractivity contribution is 0.661. The van der Waals surface area contributed by atoms with Gasteiger partial charge in [-0.05, 0) is 114 Å². The van der Waals surface area contributed by atoms with E-state index in [0.717, 1.165) is 17.1 Å². The minimum absolute atomic E-state index is 0.0602. The van der Waals surface area contributed by atoms with E-state index >= 15 is 0 Å². The summed E-state index contributed by atoms with van der Waals surface area (Å²) in [6.07, 6.45) is 0. The lowest BCUT2D eigenvalue weighted by Gasteiger charge is -2.29. The first-order chi connectivity index (χ1) is 26.5. The van der Waals surface area contributed by atoms with Crippen LogP contribution in [0.15, 0.2) is 200 Å². The number of anilines is 3. The number of hydrogen-bond donors (Lipinski definition) is 0. The summed E-state index contributed by atoms with van der Waals surface area (Å²) >= 11 is 0. The van der Waals surface area contributed by atoms with Gasteiger partial charge in [-0.2, -0.15) is 0 Å². The molecule has 0 bridgehead atoms. The molecule has 0 atom stereocenters. The molecule has 0 amide bonds. The molecule has 9 aromatic carbocycles. The van der Waals surface area contributed by atoms with Crippen LogP contribution in [0.25, 0.3) is 66.1 Å². The van der Waals surface area contributed by atoms with Crippen LogP contribution in [0.5, 0.6) is 0 Å². The summed E-state index contributed by atoms with van der Waals surface area (Å²) in [6, 6.07) is 73.4. The van der Waals surface area contributed by atoms with Gasteiger partial charge in [0.15, 0.2) is 0 Å². The SMILES string of the molecule is CC1(C)c2ccccc2-c2cc3c(-c4c(N(c5ccc(-c6ccccc6)cc5)c5ccc(-c6ccccc6)cc5)ccc5ccccc45)cccc3cc21. The van der Waals surface area contributed by atoms with Gasteiger partial charge in [0.2, 0.25) is 0 Å². The molecule has 1 nitrogen and oxygen atoms in total. The van der Waals surface area contributed by atoms with Gasteiger partial charge in [-0.3, -0.25) is 0 Å². The van der Waals surface area contributed by atoms with Crippen molar-refractivity contribution < 1.29 is 0 Å². The highest BCUT2D eigenvalue weighted by Crippen LogP contribution is 2.52. The molecule has 54 heavy (non-hydrogen) atoms. The Labute approximate surface area is 317 Å². The fourth-order valence-electron chi connectivity index (χ4n) is 8.72. The topological polar surface area (TPSA) is 3.24 Å². The van der Waals surface area contributed by atoms with Crippen molar-refractivity contribution in [1.82, 2.24) is 0 Å². The number of rotatable bonds is 6. The lowest BCUT2D eigenvalue weighted by Crippen LogP contribution is -2.14. The predicted molar refractivity (Wildman–Crippen MR) is 230 cm³/mol. The highest BCUT2D eigenvalue weighted by Gasteiger charge is 2.35. The van der Waals surface area contributed by atoms with Gasteiger partial charge in [0, 0.05) is 22.4 Å². The van der Waals surface area contributed by atoms with Gasteiger partial charge in [-0.25, -0.2) is 0 Å². The molecular weight excluding hydrogens is 651 g/mol. The third kappa shape index (κ3) is 5.24. The van der Waals surface area contributed by atoms with E-state index in [9.17, 15) is 0 Å². The summed E-state index contributed by atoms with van der Waals surface area (Å²) in [5.41, 5.74) is 16.0. The van der Waals surface area contributed by atoms with Gasteiger partial charge < -0.3 is 4.90 Å². The average molecular weight is 690 g/mol. The predicted octanol–water partition coefficient (Wildman–Crippen LogP) is 14.8. The van der Waals surface area contributed by atoms with Gasteiger partial charge in [-0.1, -0.05) is 172 Å². The summed E-state index contributed by atoms with van der Waals surface area (Å²) in [4.78, 5) is 2.44. The van der Waals surface area contributed by atoms with Crippen molar-refractivity contribution in [3.63, 3.8) is 0 Å². The molecule has 1 heteroatoms. The Bertz CT molecular complexity index is 2730. The zero-order valence-corrected chi connectivity index (χ0v) is 30.5. The molecule has 0 saturated heterocycles. The van der Waals surface area contributed by atoms with Crippen molar-refractivity contribution in [2.75, 3.05) is 4.90 Å². The van der Waals surface area contributed by atoms with E-state index in [-0.39, 0.29) is 5.41 Å². The van der Waals surface area contributed by atoms with E-state index in [1.165, 1.54) is 77.2 Å². The number of fused-ring (bicyclic) bond motifs is 5. The summed E-state index contributed by atoms with van der Waals surface area (Å²) in [7, 11) is 0. The molecule has 0 saturated carbocycles. The molecule has 256 valence electrons. The van der Waals surface area contributed by atoms with Crippen molar-refractivity contribution in [2.45, 2.75) is 19.3 Å². The van der Waals surface area contributed by atoms with Crippen molar-refractivity contribution in [3.05, 3.63) is 211 Å². The Hall–Kier alpha value is -6.70. The molecule has 10 rings (SSSR count). The van der Waals surface area contributed by atoms with E-state index in [1.807, 2.05) is 0 Å². The molecule has 0 heterocycles. The van der Waals surface area contributed by atoms with Crippen LogP contribution in [0, 0.1) is 0 Å². The number of benzene rings is 9. The van der Waals surface area contributed by atoms with E-state index in [0.29, 0.717) is 0 Å². The average Bonchev–Trinajstić information content (AvgIpc) is 3.46. The van der Waals surface area contributed by atoms with E-state index < -0.39 is 0 Å². The van der Waals surface area contributed by atoms with Crippen molar-refractivity contribution in [2.24, 2.45) is 0 Å². The molecule has 0 spiro atoms. The van der Waals surface area contributed by atoms with Crippen LogP contribution in [0.1, 0.15) is 25.0 Å². The fourth-order valence-corrected chi connectivity index (χ4v) is 8.72. The van der Waals surface area contributed by atoms with E-state index in [1.54, 1.807) is 0 Å². The maximum atomic E-state index is 2.47. The van der Waals surface area contributed by atoms with Gasteiger partial charge in [0.25, 0.3) is 0 Å². The van der Waals surface area contributed by atoms with Crippen LogP contribution in [-0.2, 0) is 5.41 Å². The van der Waals surface area contributed by atoms with Crippen LogP contribution < -0.4 is 4.90 Å². The zero-order chi connectivity index (χ0) is 36.2. The molecule has 0 N–H and O–H groups in total. The molecule has 1 aliphatic rings. The van der Waals surface area contributed by atoms with Crippen LogP contribution >= 0.6 is 0 Å². The van der Waals surface area contributed by atoms with Crippen LogP contribution in [0.3, 0.4) is 0 Å².